The van der Waals surface area contributed by atoms with E-state index in [1.165, 1.54) is 24.1 Å². The Labute approximate surface area is 152 Å². The normalized spacial score (nSPS) is 20.8. The Morgan fingerprint density at radius 1 is 1.08 bits per heavy atom. The average molecular weight is 341 g/mol. The quantitative estimate of drug-likeness (QED) is 0.773. The number of unbranched alkanes of at least 4 members (excludes halogenated alkanes) is 1. The molecule has 0 N–H and O–H groups in total. The molecule has 0 saturated heterocycles. The number of ketones is 1. The summed E-state index contributed by atoms with van der Waals surface area (Å²) >= 11 is 0. The van der Waals surface area contributed by atoms with Crippen molar-refractivity contribution in [2.24, 2.45) is 5.41 Å². The van der Waals surface area contributed by atoms with E-state index >= 15 is 0 Å². The lowest BCUT2D eigenvalue weighted by atomic mass is 9.75. The highest BCUT2D eigenvalue weighted by Gasteiger charge is 2.38. The summed E-state index contributed by atoms with van der Waals surface area (Å²) in [5.41, 5.74) is 3.91. The fraction of sp³-hybridized carbons (Fsp3) is 0.591. The molecule has 0 fully saturated rings. The molecule has 3 rings (SSSR count). The van der Waals surface area contributed by atoms with E-state index in [0.29, 0.717) is 12.2 Å². The maximum atomic E-state index is 12.8. The monoisotopic (exact) mass is 340 g/mol. The van der Waals surface area contributed by atoms with Crippen molar-refractivity contribution in [3.05, 3.63) is 47.2 Å². The summed E-state index contributed by atoms with van der Waals surface area (Å²) in [6, 6.07) is 10.7. The molecule has 1 aliphatic carbocycles. The van der Waals surface area contributed by atoms with Gasteiger partial charge in [-0.1, -0.05) is 57.5 Å². The van der Waals surface area contributed by atoms with Crippen LogP contribution < -0.4 is 0 Å². The minimum atomic E-state index is 0.104. The van der Waals surface area contributed by atoms with Gasteiger partial charge in [-0.3, -0.25) is 9.69 Å². The average Bonchev–Trinajstić information content (AvgIpc) is 2.58. The predicted molar refractivity (Wildman–Crippen MR) is 103 cm³/mol. The van der Waals surface area contributed by atoms with Crippen molar-refractivity contribution < 1.29 is 4.79 Å². The molecule has 0 amide bonds. The number of rotatable bonds is 6. The van der Waals surface area contributed by atoms with E-state index in [1.54, 1.807) is 0 Å². The van der Waals surface area contributed by atoms with Crippen LogP contribution in [0.4, 0.5) is 0 Å². The van der Waals surface area contributed by atoms with E-state index < -0.39 is 0 Å². The first kappa shape index (κ1) is 18.2. The Kier molecular flexibility index (Phi) is 5.63. The van der Waals surface area contributed by atoms with E-state index in [1.807, 2.05) is 0 Å². The SMILES string of the molecule is CCCCN1CN(CCc2ccccc2)CC2=C1CC(C)(C)CC2=O. The summed E-state index contributed by atoms with van der Waals surface area (Å²) in [6.07, 6.45) is 5.17. The zero-order valence-electron chi connectivity index (χ0n) is 16.1. The fourth-order valence-electron chi connectivity index (χ4n) is 4.04. The van der Waals surface area contributed by atoms with Crippen LogP contribution in [0.5, 0.6) is 0 Å². The van der Waals surface area contributed by atoms with Crippen LogP contribution in [0, 0.1) is 5.41 Å². The molecule has 0 spiro atoms. The number of Topliss-reactive ketones (excluding diaryl/α,β-unsaturated/α-hetero) is 1. The summed E-state index contributed by atoms with van der Waals surface area (Å²) in [5.74, 6) is 0.372. The number of carbonyl (C=O) groups excluding carboxylic acids is 1. The van der Waals surface area contributed by atoms with E-state index in [-0.39, 0.29) is 5.41 Å². The van der Waals surface area contributed by atoms with Crippen LogP contribution in [0.1, 0.15) is 52.0 Å². The standard InChI is InChI=1S/C22H32N2O/c1-4-5-12-24-17-23(13-11-18-9-7-6-8-10-18)16-19-20(24)14-22(2,3)15-21(19)25/h6-10H,4-5,11-17H2,1-3H3. The molecule has 0 unspecified atom stereocenters. The third-order valence-electron chi connectivity index (χ3n) is 5.45. The first-order valence-corrected chi connectivity index (χ1v) is 9.75. The third kappa shape index (κ3) is 4.52. The lowest BCUT2D eigenvalue weighted by Crippen LogP contribution is -2.49. The van der Waals surface area contributed by atoms with Crippen molar-refractivity contribution in [3.63, 3.8) is 0 Å². The second-order valence-electron chi connectivity index (χ2n) is 8.41. The van der Waals surface area contributed by atoms with Gasteiger partial charge < -0.3 is 4.90 Å². The second-order valence-corrected chi connectivity index (χ2v) is 8.41. The van der Waals surface area contributed by atoms with Gasteiger partial charge in [-0.25, -0.2) is 0 Å². The zero-order chi connectivity index (χ0) is 17.9. The lowest BCUT2D eigenvalue weighted by Gasteiger charge is -2.45. The number of hydrogen-bond donors (Lipinski definition) is 0. The lowest BCUT2D eigenvalue weighted by molar-refractivity contribution is -0.119. The van der Waals surface area contributed by atoms with Crippen LogP contribution in [-0.4, -0.2) is 41.9 Å². The van der Waals surface area contributed by atoms with Crippen molar-refractivity contribution in [2.75, 3.05) is 26.3 Å². The maximum absolute atomic E-state index is 12.8. The number of nitrogens with zero attached hydrogens (tertiary/aromatic N) is 2. The molecule has 0 saturated carbocycles. The molecule has 136 valence electrons. The minimum Gasteiger partial charge on any atom is -0.361 e. The molecule has 2 aliphatic rings. The van der Waals surface area contributed by atoms with E-state index in [4.69, 9.17) is 0 Å². The molecule has 3 nitrogen and oxygen atoms in total. The van der Waals surface area contributed by atoms with Crippen LogP contribution in [0.25, 0.3) is 0 Å². The molecule has 1 heterocycles. The first-order chi connectivity index (χ1) is 12.0. The number of benzene rings is 1. The summed E-state index contributed by atoms with van der Waals surface area (Å²) < 4.78 is 0. The minimum absolute atomic E-state index is 0.104. The van der Waals surface area contributed by atoms with Crippen molar-refractivity contribution >= 4 is 5.78 Å². The molecule has 1 aromatic rings. The van der Waals surface area contributed by atoms with Crippen LogP contribution in [-0.2, 0) is 11.2 Å². The van der Waals surface area contributed by atoms with Gasteiger partial charge in [0, 0.05) is 37.3 Å². The molecule has 1 aliphatic heterocycles. The van der Waals surface area contributed by atoms with Gasteiger partial charge in [0.1, 0.15) is 0 Å². The van der Waals surface area contributed by atoms with Crippen LogP contribution in [0.3, 0.4) is 0 Å². The number of hydrogen-bond acceptors (Lipinski definition) is 3. The molecule has 0 atom stereocenters. The molecule has 0 aromatic heterocycles. The van der Waals surface area contributed by atoms with E-state index in [9.17, 15) is 4.79 Å². The molecule has 0 bridgehead atoms. The molecule has 25 heavy (non-hydrogen) atoms. The molecular weight excluding hydrogens is 308 g/mol. The Morgan fingerprint density at radius 2 is 1.84 bits per heavy atom. The summed E-state index contributed by atoms with van der Waals surface area (Å²) in [7, 11) is 0. The summed E-state index contributed by atoms with van der Waals surface area (Å²) in [6.45, 7) is 10.6. The molecule has 1 aromatic carbocycles. The summed E-state index contributed by atoms with van der Waals surface area (Å²) in [5, 5.41) is 0. The van der Waals surface area contributed by atoms with Gasteiger partial charge >= 0.3 is 0 Å². The van der Waals surface area contributed by atoms with Gasteiger partial charge in [-0.05, 0) is 30.2 Å². The highest BCUT2D eigenvalue weighted by molar-refractivity contribution is 5.98. The van der Waals surface area contributed by atoms with Crippen molar-refractivity contribution in [1.82, 2.24) is 9.80 Å². The second kappa shape index (κ2) is 7.74. The Morgan fingerprint density at radius 3 is 2.56 bits per heavy atom. The van der Waals surface area contributed by atoms with Crippen molar-refractivity contribution in [2.45, 2.75) is 52.9 Å². The van der Waals surface area contributed by atoms with Gasteiger partial charge in [-0.15, -0.1) is 0 Å². The third-order valence-corrected chi connectivity index (χ3v) is 5.45. The molecule has 0 radical (unpaired) electrons. The number of carbonyl (C=O) groups is 1. The van der Waals surface area contributed by atoms with Gasteiger partial charge in [-0.2, -0.15) is 0 Å². The zero-order valence-corrected chi connectivity index (χ0v) is 16.1. The smallest absolute Gasteiger partial charge is 0.162 e. The van der Waals surface area contributed by atoms with Gasteiger partial charge in [0.25, 0.3) is 0 Å². The van der Waals surface area contributed by atoms with Crippen LogP contribution in [0.2, 0.25) is 0 Å². The Balaban J connectivity index is 1.74. The van der Waals surface area contributed by atoms with E-state index in [2.05, 4.69) is 60.9 Å². The Hall–Kier alpha value is -1.61. The Bertz CT molecular complexity index is 633. The van der Waals surface area contributed by atoms with Gasteiger partial charge in [0.2, 0.25) is 0 Å². The summed E-state index contributed by atoms with van der Waals surface area (Å²) in [4.78, 5) is 17.7. The van der Waals surface area contributed by atoms with Crippen molar-refractivity contribution in [3.8, 4) is 0 Å². The van der Waals surface area contributed by atoms with Gasteiger partial charge in [0.05, 0.1) is 6.67 Å². The highest BCUT2D eigenvalue weighted by atomic mass is 16.1. The largest absolute Gasteiger partial charge is 0.361 e. The maximum Gasteiger partial charge on any atom is 0.162 e. The number of allylic oxidation sites excluding steroid dienone is 1. The molecular formula is C22H32N2O. The van der Waals surface area contributed by atoms with E-state index in [0.717, 1.165) is 44.7 Å². The fourth-order valence-corrected chi connectivity index (χ4v) is 4.04. The topological polar surface area (TPSA) is 23.6 Å². The van der Waals surface area contributed by atoms with Crippen molar-refractivity contribution in [1.29, 1.82) is 0 Å². The molecule has 3 heteroatoms. The van der Waals surface area contributed by atoms with Crippen LogP contribution >= 0.6 is 0 Å². The van der Waals surface area contributed by atoms with Crippen LogP contribution in [0.15, 0.2) is 41.6 Å². The first-order valence-electron chi connectivity index (χ1n) is 9.75. The predicted octanol–water partition coefficient (Wildman–Crippen LogP) is 4.25. The highest BCUT2D eigenvalue weighted by Crippen LogP contribution is 2.40. The van der Waals surface area contributed by atoms with Gasteiger partial charge in [0.15, 0.2) is 5.78 Å².